The maximum Gasteiger partial charge on any atom is 0.0597 e. The number of aliphatic hydroxyl groups excluding tert-OH is 1. The second-order valence-corrected chi connectivity index (χ2v) is 4.84. The summed E-state index contributed by atoms with van der Waals surface area (Å²) in [6.45, 7) is 6.93. The van der Waals surface area contributed by atoms with Crippen molar-refractivity contribution in [2.75, 3.05) is 46.9 Å². The summed E-state index contributed by atoms with van der Waals surface area (Å²) in [5.41, 5.74) is 0. The minimum atomic E-state index is 0.206. The molecule has 0 aromatic rings. The van der Waals surface area contributed by atoms with Crippen LogP contribution in [0.4, 0.5) is 0 Å². The van der Waals surface area contributed by atoms with Crippen molar-refractivity contribution in [3.8, 4) is 0 Å². The van der Waals surface area contributed by atoms with Gasteiger partial charge in [-0.3, -0.25) is 4.90 Å². The van der Waals surface area contributed by atoms with Crippen LogP contribution in [0, 0.1) is 0 Å². The van der Waals surface area contributed by atoms with Gasteiger partial charge in [-0.25, -0.2) is 0 Å². The number of hydrogen-bond donors (Lipinski definition) is 2. The molecule has 1 heterocycles. The molecule has 2 N–H and O–H groups in total. The Balaban J connectivity index is 2.53. The topological polar surface area (TPSA) is 38.7 Å². The minimum absolute atomic E-state index is 0.206. The lowest BCUT2D eigenvalue weighted by Gasteiger charge is -2.32. The molecule has 96 valence electrons. The largest absolute Gasteiger partial charge is 0.395 e. The van der Waals surface area contributed by atoms with Gasteiger partial charge in [0, 0.05) is 25.2 Å². The van der Waals surface area contributed by atoms with Gasteiger partial charge >= 0.3 is 0 Å². The zero-order valence-corrected chi connectivity index (χ0v) is 10.9. The molecule has 0 aromatic heterocycles. The molecule has 0 aliphatic carbocycles. The van der Waals surface area contributed by atoms with E-state index >= 15 is 0 Å². The summed E-state index contributed by atoms with van der Waals surface area (Å²) in [7, 11) is 4.12. The van der Waals surface area contributed by atoms with Crippen LogP contribution in [0.1, 0.15) is 19.8 Å². The van der Waals surface area contributed by atoms with Crippen LogP contribution in [-0.2, 0) is 0 Å². The fourth-order valence-corrected chi connectivity index (χ4v) is 2.44. The minimum Gasteiger partial charge on any atom is -0.395 e. The zero-order valence-electron chi connectivity index (χ0n) is 10.9. The standard InChI is InChI=1S/C12H27N3O/c1-4-12-9-14(3)6-5-7-15(12)8-11(10-16)13-2/h11-13,16H,4-10H2,1-3H3. The second-order valence-electron chi connectivity index (χ2n) is 4.84. The maximum absolute atomic E-state index is 9.24. The lowest BCUT2D eigenvalue weighted by Crippen LogP contribution is -2.47. The summed E-state index contributed by atoms with van der Waals surface area (Å²) in [5.74, 6) is 0. The van der Waals surface area contributed by atoms with Crippen molar-refractivity contribution in [3.05, 3.63) is 0 Å². The van der Waals surface area contributed by atoms with E-state index in [1.54, 1.807) is 0 Å². The molecular formula is C12H27N3O. The van der Waals surface area contributed by atoms with Gasteiger partial charge in [0.15, 0.2) is 0 Å². The predicted molar refractivity (Wildman–Crippen MR) is 67.7 cm³/mol. The smallest absolute Gasteiger partial charge is 0.0597 e. The molecule has 0 bridgehead atoms. The van der Waals surface area contributed by atoms with Crippen LogP contribution >= 0.6 is 0 Å². The van der Waals surface area contributed by atoms with Crippen molar-refractivity contribution in [2.24, 2.45) is 0 Å². The molecule has 0 aromatic carbocycles. The van der Waals surface area contributed by atoms with Crippen molar-refractivity contribution in [2.45, 2.75) is 31.8 Å². The third-order valence-corrected chi connectivity index (χ3v) is 3.58. The molecule has 0 spiro atoms. The van der Waals surface area contributed by atoms with Crippen molar-refractivity contribution in [1.29, 1.82) is 0 Å². The predicted octanol–water partition coefficient (Wildman–Crippen LogP) is -0.0172. The van der Waals surface area contributed by atoms with Crippen LogP contribution < -0.4 is 5.32 Å². The molecule has 1 saturated heterocycles. The fourth-order valence-electron chi connectivity index (χ4n) is 2.44. The van der Waals surface area contributed by atoms with Gasteiger partial charge in [-0.05, 0) is 40.0 Å². The molecule has 2 atom stereocenters. The Labute approximate surface area is 99.6 Å². The van der Waals surface area contributed by atoms with Crippen LogP contribution in [0.2, 0.25) is 0 Å². The van der Waals surface area contributed by atoms with E-state index in [9.17, 15) is 5.11 Å². The number of rotatable bonds is 5. The Morgan fingerprint density at radius 3 is 2.75 bits per heavy atom. The summed E-state index contributed by atoms with van der Waals surface area (Å²) >= 11 is 0. The van der Waals surface area contributed by atoms with Crippen LogP contribution in [-0.4, -0.2) is 73.9 Å². The lowest BCUT2D eigenvalue weighted by molar-refractivity contribution is 0.142. The summed E-state index contributed by atoms with van der Waals surface area (Å²) in [6, 6.07) is 0.840. The van der Waals surface area contributed by atoms with Gasteiger partial charge in [-0.15, -0.1) is 0 Å². The normalized spacial score (nSPS) is 26.6. The molecular weight excluding hydrogens is 202 g/mol. The van der Waals surface area contributed by atoms with Crippen molar-refractivity contribution >= 4 is 0 Å². The van der Waals surface area contributed by atoms with Gasteiger partial charge in [-0.1, -0.05) is 6.92 Å². The summed E-state index contributed by atoms with van der Waals surface area (Å²) in [4.78, 5) is 4.95. The van der Waals surface area contributed by atoms with Crippen LogP contribution in [0.3, 0.4) is 0 Å². The number of nitrogens with zero attached hydrogens (tertiary/aromatic N) is 2. The third-order valence-electron chi connectivity index (χ3n) is 3.58. The molecule has 2 unspecified atom stereocenters. The molecule has 1 fully saturated rings. The molecule has 1 aliphatic heterocycles. The van der Waals surface area contributed by atoms with Gasteiger partial charge in [0.05, 0.1) is 6.61 Å². The average molecular weight is 229 g/mol. The van der Waals surface area contributed by atoms with Gasteiger partial charge in [0.25, 0.3) is 0 Å². The van der Waals surface area contributed by atoms with E-state index in [0.29, 0.717) is 6.04 Å². The Hall–Kier alpha value is -0.160. The summed E-state index contributed by atoms with van der Waals surface area (Å²) in [5, 5.41) is 12.4. The fraction of sp³-hybridized carbons (Fsp3) is 1.00. The van der Waals surface area contributed by atoms with E-state index in [-0.39, 0.29) is 12.6 Å². The van der Waals surface area contributed by atoms with Crippen molar-refractivity contribution < 1.29 is 5.11 Å². The molecule has 4 heteroatoms. The first kappa shape index (κ1) is 13.9. The number of aliphatic hydroxyl groups is 1. The Morgan fingerprint density at radius 2 is 2.19 bits per heavy atom. The third kappa shape index (κ3) is 4.01. The van der Waals surface area contributed by atoms with E-state index < -0.39 is 0 Å². The molecule has 1 rings (SSSR count). The Bertz CT molecular complexity index is 185. The Kier molecular flexibility index (Phi) is 6.28. The van der Waals surface area contributed by atoms with Gasteiger partial charge in [0.1, 0.15) is 0 Å². The maximum atomic E-state index is 9.24. The molecule has 1 aliphatic rings. The zero-order chi connectivity index (χ0) is 12.0. The monoisotopic (exact) mass is 229 g/mol. The van der Waals surface area contributed by atoms with Crippen molar-refractivity contribution in [1.82, 2.24) is 15.1 Å². The molecule has 16 heavy (non-hydrogen) atoms. The van der Waals surface area contributed by atoms with Crippen LogP contribution in [0.25, 0.3) is 0 Å². The Morgan fingerprint density at radius 1 is 1.44 bits per heavy atom. The summed E-state index contributed by atoms with van der Waals surface area (Å²) < 4.78 is 0. The first-order valence-corrected chi connectivity index (χ1v) is 6.42. The van der Waals surface area contributed by atoms with E-state index in [0.717, 1.165) is 19.6 Å². The highest BCUT2D eigenvalue weighted by Gasteiger charge is 2.23. The van der Waals surface area contributed by atoms with E-state index in [2.05, 4.69) is 29.1 Å². The van der Waals surface area contributed by atoms with Gasteiger partial charge in [0.2, 0.25) is 0 Å². The van der Waals surface area contributed by atoms with E-state index in [1.165, 1.54) is 19.4 Å². The number of likely N-dealkylation sites (N-methyl/N-ethyl adjacent to an activating group) is 2. The highest BCUT2D eigenvalue weighted by atomic mass is 16.3. The second kappa shape index (κ2) is 7.22. The first-order chi connectivity index (χ1) is 7.71. The number of nitrogens with one attached hydrogen (secondary N) is 1. The quantitative estimate of drug-likeness (QED) is 0.695. The lowest BCUT2D eigenvalue weighted by atomic mass is 10.1. The molecule has 0 radical (unpaired) electrons. The van der Waals surface area contributed by atoms with Gasteiger partial charge in [-0.2, -0.15) is 0 Å². The SMILES string of the molecule is CCC1CN(C)CCCN1CC(CO)NC. The average Bonchev–Trinajstić information content (AvgIpc) is 2.47. The van der Waals surface area contributed by atoms with Gasteiger partial charge < -0.3 is 15.3 Å². The van der Waals surface area contributed by atoms with Crippen LogP contribution in [0.5, 0.6) is 0 Å². The van der Waals surface area contributed by atoms with E-state index in [1.807, 2.05) is 7.05 Å². The molecule has 0 saturated carbocycles. The number of hydrogen-bond acceptors (Lipinski definition) is 4. The highest BCUT2D eigenvalue weighted by Crippen LogP contribution is 2.12. The molecule has 4 nitrogen and oxygen atoms in total. The van der Waals surface area contributed by atoms with E-state index in [4.69, 9.17) is 0 Å². The molecule has 0 amide bonds. The van der Waals surface area contributed by atoms with Crippen LogP contribution in [0.15, 0.2) is 0 Å². The highest BCUT2D eigenvalue weighted by molar-refractivity contribution is 4.81. The summed E-state index contributed by atoms with van der Waals surface area (Å²) in [6.07, 6.45) is 2.42. The van der Waals surface area contributed by atoms with Crippen molar-refractivity contribution in [3.63, 3.8) is 0 Å². The first-order valence-electron chi connectivity index (χ1n) is 6.42.